The molecule has 3 aromatic rings. The molecule has 0 bridgehead atoms. The molecule has 3 rings (SSSR count). The maximum atomic E-state index is 11.9. The second kappa shape index (κ2) is 8.78. The highest BCUT2D eigenvalue weighted by Crippen LogP contribution is 2.21. The average Bonchev–Trinajstić information content (AvgIpc) is 3.09. The summed E-state index contributed by atoms with van der Waals surface area (Å²) in [4.78, 5) is 16.0. The summed E-state index contributed by atoms with van der Waals surface area (Å²) < 4.78 is 10.3. The molecule has 0 amide bonds. The van der Waals surface area contributed by atoms with Crippen LogP contribution >= 0.6 is 12.4 Å². The maximum absolute atomic E-state index is 11.9. The van der Waals surface area contributed by atoms with Crippen LogP contribution in [0.2, 0.25) is 0 Å². The van der Waals surface area contributed by atoms with Crippen molar-refractivity contribution < 1.29 is 14.1 Å². The number of fused-ring (bicyclic) bond motifs is 1. The van der Waals surface area contributed by atoms with Crippen LogP contribution < -0.4 is 5.32 Å². The van der Waals surface area contributed by atoms with Gasteiger partial charge in [0.2, 0.25) is 5.89 Å². The van der Waals surface area contributed by atoms with Gasteiger partial charge in [-0.3, -0.25) is 0 Å². The minimum atomic E-state index is -0.578. The quantitative estimate of drug-likeness (QED) is 0.662. The molecule has 0 unspecified atom stereocenters. The lowest BCUT2D eigenvalue weighted by Gasteiger charge is -2.12. The maximum Gasteiger partial charge on any atom is 0.380 e. The van der Waals surface area contributed by atoms with Crippen LogP contribution in [-0.4, -0.2) is 29.3 Å². The predicted molar refractivity (Wildman–Crippen MR) is 102 cm³/mol. The van der Waals surface area contributed by atoms with Crippen LogP contribution in [0.1, 0.15) is 42.0 Å². The Balaban J connectivity index is 0.00000243. The summed E-state index contributed by atoms with van der Waals surface area (Å²) in [5.74, 6) is -0.264. The number of benzene rings is 2. The first-order valence-electron chi connectivity index (χ1n) is 8.26. The van der Waals surface area contributed by atoms with Crippen molar-refractivity contribution in [1.82, 2.24) is 15.5 Å². The van der Waals surface area contributed by atoms with Crippen LogP contribution in [0, 0.1) is 0 Å². The molecule has 0 radical (unpaired) electrons. The van der Waals surface area contributed by atoms with Gasteiger partial charge in [-0.15, -0.1) is 12.4 Å². The van der Waals surface area contributed by atoms with E-state index in [1.54, 1.807) is 13.8 Å². The Labute approximate surface area is 158 Å². The highest BCUT2D eigenvalue weighted by molar-refractivity contribution is 5.85. The third-order valence-corrected chi connectivity index (χ3v) is 3.87. The normalized spacial score (nSPS) is 12.0. The van der Waals surface area contributed by atoms with Gasteiger partial charge in [-0.25, -0.2) is 4.79 Å². The molecule has 0 aliphatic heterocycles. The first kappa shape index (κ1) is 19.9. The van der Waals surface area contributed by atoms with E-state index < -0.39 is 5.97 Å². The number of hydrogen-bond donors (Lipinski definition) is 1. The van der Waals surface area contributed by atoms with Crippen LogP contribution in [0.5, 0.6) is 0 Å². The minimum absolute atomic E-state index is 0. The van der Waals surface area contributed by atoms with Gasteiger partial charge < -0.3 is 14.6 Å². The lowest BCUT2D eigenvalue weighted by atomic mass is 10.0. The predicted octanol–water partition coefficient (Wildman–Crippen LogP) is 3.71. The second-order valence-corrected chi connectivity index (χ2v) is 6.14. The number of nitrogens with one attached hydrogen (secondary N) is 1. The monoisotopic (exact) mass is 375 g/mol. The fourth-order valence-corrected chi connectivity index (χ4v) is 2.64. The van der Waals surface area contributed by atoms with Gasteiger partial charge in [0.25, 0.3) is 5.82 Å². The zero-order chi connectivity index (χ0) is 17.8. The number of rotatable bonds is 6. The molecule has 0 spiro atoms. The van der Waals surface area contributed by atoms with E-state index in [9.17, 15) is 4.79 Å². The molecule has 26 heavy (non-hydrogen) atoms. The fraction of sp³-hybridized carbons (Fsp3) is 0.316. The fourth-order valence-electron chi connectivity index (χ4n) is 2.64. The lowest BCUT2D eigenvalue weighted by Crippen LogP contribution is -2.19. The first-order valence-corrected chi connectivity index (χ1v) is 8.26. The van der Waals surface area contributed by atoms with E-state index in [4.69, 9.17) is 9.26 Å². The van der Waals surface area contributed by atoms with Gasteiger partial charge in [-0.2, -0.15) is 4.98 Å². The summed E-state index contributed by atoms with van der Waals surface area (Å²) in [5, 5.41) is 9.27. The first-order chi connectivity index (χ1) is 12.1. The summed E-state index contributed by atoms with van der Waals surface area (Å²) in [7, 11) is 1.82. The molecule has 0 aliphatic rings. The van der Waals surface area contributed by atoms with Gasteiger partial charge in [0.05, 0.1) is 12.1 Å². The van der Waals surface area contributed by atoms with Crippen molar-refractivity contribution in [2.24, 2.45) is 0 Å². The van der Waals surface area contributed by atoms with Gasteiger partial charge in [-0.05, 0) is 48.8 Å². The Kier molecular flexibility index (Phi) is 6.71. The summed E-state index contributed by atoms with van der Waals surface area (Å²) in [6.45, 7) is 3.55. The van der Waals surface area contributed by atoms with Crippen molar-refractivity contribution in [3.8, 4) is 0 Å². The molecule has 0 fully saturated rings. The Morgan fingerprint density at radius 2 is 1.92 bits per heavy atom. The van der Waals surface area contributed by atoms with Crippen LogP contribution in [0.3, 0.4) is 0 Å². The summed E-state index contributed by atoms with van der Waals surface area (Å²) in [6.07, 6.45) is 0.439. The van der Waals surface area contributed by atoms with Gasteiger partial charge in [0, 0.05) is 0 Å². The molecule has 1 heterocycles. The number of carbonyl (C=O) groups is 1. The highest BCUT2D eigenvalue weighted by atomic mass is 35.5. The van der Waals surface area contributed by atoms with E-state index in [0.29, 0.717) is 12.3 Å². The van der Waals surface area contributed by atoms with Crippen molar-refractivity contribution in [2.75, 3.05) is 7.05 Å². The topological polar surface area (TPSA) is 77.2 Å². The Morgan fingerprint density at radius 3 is 2.62 bits per heavy atom. The van der Waals surface area contributed by atoms with Gasteiger partial charge in [-0.1, -0.05) is 42.5 Å². The van der Waals surface area contributed by atoms with E-state index >= 15 is 0 Å². The molecule has 0 aliphatic carbocycles. The van der Waals surface area contributed by atoms with Crippen LogP contribution in [0.15, 0.2) is 47.0 Å². The van der Waals surface area contributed by atoms with Crippen molar-refractivity contribution >= 4 is 29.1 Å². The number of likely N-dealkylation sites (N-methyl/N-ethyl adjacent to an activating group) is 1. The molecule has 138 valence electrons. The van der Waals surface area contributed by atoms with Crippen molar-refractivity contribution in [2.45, 2.75) is 32.4 Å². The largest absolute Gasteiger partial charge is 0.457 e. The molecule has 1 aromatic heterocycles. The Morgan fingerprint density at radius 1 is 1.19 bits per heavy atom. The number of esters is 1. The molecule has 1 atom stereocenters. The third kappa shape index (κ3) is 4.59. The number of hydrogen-bond acceptors (Lipinski definition) is 6. The summed E-state index contributed by atoms with van der Waals surface area (Å²) in [6, 6.07) is 14.3. The Bertz CT molecular complexity index is 879. The molecule has 0 saturated carbocycles. The smallest absolute Gasteiger partial charge is 0.380 e. The molecular weight excluding hydrogens is 354 g/mol. The van der Waals surface area contributed by atoms with E-state index in [-0.39, 0.29) is 30.4 Å². The zero-order valence-corrected chi connectivity index (χ0v) is 15.7. The van der Waals surface area contributed by atoms with E-state index in [0.717, 1.165) is 5.56 Å². The number of halogens is 1. The molecule has 2 aromatic carbocycles. The number of ether oxygens (including phenoxy) is 1. The lowest BCUT2D eigenvalue weighted by molar-refractivity contribution is 0.0360. The van der Waals surface area contributed by atoms with Crippen molar-refractivity contribution in [3.63, 3.8) is 0 Å². The summed E-state index contributed by atoms with van der Waals surface area (Å²) >= 11 is 0. The Hall–Kier alpha value is -2.44. The number of carbonyl (C=O) groups excluding carboxylic acids is 1. The second-order valence-electron chi connectivity index (χ2n) is 6.14. The van der Waals surface area contributed by atoms with Crippen molar-refractivity contribution in [3.05, 3.63) is 59.7 Å². The van der Waals surface area contributed by atoms with Crippen molar-refractivity contribution in [1.29, 1.82) is 0 Å². The van der Waals surface area contributed by atoms with E-state index in [2.05, 4.69) is 45.8 Å². The SMILES string of the molecule is CN[C@H](Cc1ccc2ccccc2c1)c1nc(C(=O)OC(C)C)no1.Cl. The highest BCUT2D eigenvalue weighted by Gasteiger charge is 2.22. The minimum Gasteiger partial charge on any atom is -0.457 e. The van der Waals surface area contributed by atoms with E-state index in [1.807, 2.05) is 19.2 Å². The standard InChI is InChI=1S/C19H21N3O3.ClH/c1-12(2)24-19(23)17-21-18(25-22-17)16(20-3)11-13-8-9-14-6-4-5-7-15(14)10-13;/h4-10,12,16,20H,11H2,1-3H3;1H/t16-;/m1./s1. The van der Waals surface area contributed by atoms with Gasteiger partial charge in [0.1, 0.15) is 0 Å². The third-order valence-electron chi connectivity index (χ3n) is 3.87. The van der Waals surface area contributed by atoms with Crippen LogP contribution in [0.25, 0.3) is 10.8 Å². The molecular formula is C19H22ClN3O3. The van der Waals surface area contributed by atoms with E-state index in [1.165, 1.54) is 10.8 Å². The van der Waals surface area contributed by atoms with Gasteiger partial charge in [0.15, 0.2) is 0 Å². The van der Waals surface area contributed by atoms with Crippen LogP contribution in [0.4, 0.5) is 0 Å². The number of nitrogens with zero attached hydrogens (tertiary/aromatic N) is 2. The zero-order valence-electron chi connectivity index (χ0n) is 14.9. The average molecular weight is 376 g/mol. The molecule has 1 N–H and O–H groups in total. The molecule has 7 heteroatoms. The summed E-state index contributed by atoms with van der Waals surface area (Å²) in [5.41, 5.74) is 1.14. The molecule has 6 nitrogen and oxygen atoms in total. The molecule has 0 saturated heterocycles. The van der Waals surface area contributed by atoms with Crippen LogP contribution in [-0.2, 0) is 11.2 Å². The van der Waals surface area contributed by atoms with Gasteiger partial charge >= 0.3 is 5.97 Å². The number of aromatic nitrogens is 2.